The monoisotopic (exact) mass is 392 g/mol. The topological polar surface area (TPSA) is 82.1 Å². The Morgan fingerprint density at radius 2 is 1.70 bits per heavy atom. The van der Waals surface area contributed by atoms with Crippen LogP contribution in [0.5, 0.6) is 5.75 Å². The molecule has 0 amide bonds. The molecule has 1 N–H and O–H groups in total. The van der Waals surface area contributed by atoms with E-state index >= 15 is 0 Å². The van der Waals surface area contributed by atoms with Crippen molar-refractivity contribution in [1.82, 2.24) is 0 Å². The highest BCUT2D eigenvalue weighted by atomic mass is 31.2. The summed E-state index contributed by atoms with van der Waals surface area (Å²) in [4.78, 5) is 20.9. The van der Waals surface area contributed by atoms with E-state index in [0.29, 0.717) is 31.8 Å². The first-order valence-corrected chi connectivity index (χ1v) is 10.5. The van der Waals surface area contributed by atoms with Gasteiger partial charge >= 0.3 is 7.60 Å². The molecule has 1 atom stereocenters. The molecule has 0 saturated carbocycles. The molecule has 2 aromatic rings. The second-order valence-electron chi connectivity index (χ2n) is 6.16. The highest BCUT2D eigenvalue weighted by Gasteiger charge is 2.20. The predicted molar refractivity (Wildman–Crippen MR) is 103 cm³/mol. The molecule has 146 valence electrons. The smallest absolute Gasteiger partial charge is 0.365 e. The average molecular weight is 392 g/mol. The lowest BCUT2D eigenvalue weighted by Gasteiger charge is -2.13. The Balaban J connectivity index is 1.61. The predicted octanol–water partition coefficient (Wildman–Crippen LogP) is 3.96. The number of ketones is 1. The van der Waals surface area contributed by atoms with Crippen LogP contribution in [0, 0.1) is 0 Å². The molecule has 0 aliphatic rings. The van der Waals surface area contributed by atoms with Crippen molar-refractivity contribution in [3.8, 4) is 5.75 Å². The summed E-state index contributed by atoms with van der Waals surface area (Å²) in [7, 11) is -3.83. The highest BCUT2D eigenvalue weighted by molar-refractivity contribution is 7.52. The fraction of sp³-hybridized carbons (Fsp3) is 0.350. The number of rotatable bonds is 12. The molecule has 0 saturated heterocycles. The first kappa shape index (κ1) is 21.3. The number of carbonyl (C=O) groups is 1. The van der Waals surface area contributed by atoms with Crippen LogP contribution in [-0.2, 0) is 31.6 Å². The van der Waals surface area contributed by atoms with Crippen LogP contribution in [0.2, 0.25) is 0 Å². The van der Waals surface area contributed by atoms with Gasteiger partial charge in [-0.15, -0.1) is 0 Å². The molecule has 0 aliphatic carbocycles. The minimum atomic E-state index is -3.83. The molecule has 0 radical (unpaired) electrons. The normalized spacial score (nSPS) is 13.1. The molecule has 7 heteroatoms. The van der Waals surface area contributed by atoms with E-state index in [9.17, 15) is 14.3 Å². The standard InChI is InChI=1S/C20H25O6P/c1-17(21)14-18-8-10-20(11-9-18)25-16-27(22,23)26-13-5-12-24-15-19-6-3-2-4-7-19/h2-4,6-11H,5,12-16H2,1H3,(H,22,23). The van der Waals surface area contributed by atoms with E-state index in [1.54, 1.807) is 24.3 Å². The highest BCUT2D eigenvalue weighted by Crippen LogP contribution is 2.41. The van der Waals surface area contributed by atoms with Crippen LogP contribution in [0.15, 0.2) is 54.6 Å². The largest absolute Gasteiger partial charge is 0.481 e. The molecule has 0 bridgehead atoms. The van der Waals surface area contributed by atoms with E-state index in [1.807, 2.05) is 30.3 Å². The molecular weight excluding hydrogens is 367 g/mol. The second-order valence-corrected chi connectivity index (χ2v) is 7.95. The van der Waals surface area contributed by atoms with Crippen LogP contribution in [0.3, 0.4) is 0 Å². The second kappa shape index (κ2) is 11.0. The lowest BCUT2D eigenvalue weighted by Crippen LogP contribution is -2.05. The zero-order chi connectivity index (χ0) is 19.5. The number of Topliss-reactive ketones (excluding diaryl/α,β-unsaturated/α-hetero) is 1. The third-order valence-electron chi connectivity index (χ3n) is 3.61. The van der Waals surface area contributed by atoms with Crippen LogP contribution in [-0.4, -0.2) is 30.2 Å². The van der Waals surface area contributed by atoms with Gasteiger partial charge in [0.25, 0.3) is 0 Å². The zero-order valence-corrected chi connectivity index (χ0v) is 16.3. The van der Waals surface area contributed by atoms with Crippen LogP contribution < -0.4 is 4.74 Å². The molecule has 0 spiro atoms. The fourth-order valence-electron chi connectivity index (χ4n) is 2.32. The number of hydrogen-bond donors (Lipinski definition) is 1. The number of hydrogen-bond acceptors (Lipinski definition) is 5. The zero-order valence-electron chi connectivity index (χ0n) is 15.4. The van der Waals surface area contributed by atoms with E-state index in [-0.39, 0.29) is 12.4 Å². The first-order chi connectivity index (χ1) is 12.9. The molecule has 2 aromatic carbocycles. The van der Waals surface area contributed by atoms with Crippen molar-refractivity contribution < 1.29 is 28.3 Å². The fourth-order valence-corrected chi connectivity index (χ4v) is 3.12. The van der Waals surface area contributed by atoms with Gasteiger partial charge in [-0.2, -0.15) is 0 Å². The van der Waals surface area contributed by atoms with Gasteiger partial charge < -0.3 is 18.9 Å². The maximum Gasteiger partial charge on any atom is 0.365 e. The third kappa shape index (κ3) is 8.98. The van der Waals surface area contributed by atoms with Crippen LogP contribution in [0.4, 0.5) is 0 Å². The van der Waals surface area contributed by atoms with Crippen molar-refractivity contribution in [1.29, 1.82) is 0 Å². The Bertz CT molecular complexity index is 745. The van der Waals surface area contributed by atoms with E-state index in [2.05, 4.69) is 0 Å². The summed E-state index contributed by atoms with van der Waals surface area (Å²) in [5.74, 6) is 0.524. The van der Waals surface area contributed by atoms with Crippen molar-refractivity contribution in [3.05, 3.63) is 65.7 Å². The van der Waals surface area contributed by atoms with Gasteiger partial charge in [0.2, 0.25) is 0 Å². The minimum absolute atomic E-state index is 0.0738. The molecule has 0 aliphatic heterocycles. The molecule has 27 heavy (non-hydrogen) atoms. The van der Waals surface area contributed by atoms with Crippen molar-refractivity contribution >= 4 is 13.4 Å². The van der Waals surface area contributed by atoms with Gasteiger partial charge in [0.15, 0.2) is 6.35 Å². The minimum Gasteiger partial charge on any atom is -0.481 e. The summed E-state index contributed by atoms with van der Waals surface area (Å²) < 4.78 is 27.8. The van der Waals surface area contributed by atoms with E-state index in [1.165, 1.54) is 6.92 Å². The Morgan fingerprint density at radius 3 is 2.37 bits per heavy atom. The summed E-state index contributed by atoms with van der Waals surface area (Å²) in [5, 5.41) is 0. The molecule has 6 nitrogen and oxygen atoms in total. The summed E-state index contributed by atoms with van der Waals surface area (Å²) in [6.07, 6.45) is 0.440. The van der Waals surface area contributed by atoms with E-state index in [4.69, 9.17) is 14.0 Å². The maximum atomic E-state index is 12.0. The lowest BCUT2D eigenvalue weighted by atomic mass is 10.1. The Labute approximate surface area is 159 Å². The molecule has 1 unspecified atom stereocenters. The van der Waals surface area contributed by atoms with Crippen molar-refractivity contribution in [2.75, 3.05) is 19.6 Å². The average Bonchev–Trinajstić information content (AvgIpc) is 2.64. The molecule has 0 heterocycles. The quantitative estimate of drug-likeness (QED) is 0.435. The molecule has 2 rings (SSSR count). The van der Waals surface area contributed by atoms with Crippen molar-refractivity contribution in [2.45, 2.75) is 26.4 Å². The van der Waals surface area contributed by atoms with Gasteiger partial charge in [-0.25, -0.2) is 0 Å². The number of ether oxygens (including phenoxy) is 2. The van der Waals surface area contributed by atoms with Gasteiger partial charge in [0.1, 0.15) is 11.5 Å². The Kier molecular flexibility index (Phi) is 8.69. The Morgan fingerprint density at radius 1 is 1.00 bits per heavy atom. The van der Waals surface area contributed by atoms with Crippen molar-refractivity contribution in [2.24, 2.45) is 0 Å². The molecule has 0 fully saturated rings. The molecular formula is C20H25O6P. The van der Waals surface area contributed by atoms with Gasteiger partial charge in [0.05, 0.1) is 13.2 Å². The van der Waals surface area contributed by atoms with Crippen LogP contribution in [0.25, 0.3) is 0 Å². The van der Waals surface area contributed by atoms with Crippen LogP contribution >= 0.6 is 7.60 Å². The van der Waals surface area contributed by atoms with E-state index in [0.717, 1.165) is 11.1 Å². The summed E-state index contributed by atoms with van der Waals surface area (Å²) in [6, 6.07) is 16.6. The SMILES string of the molecule is CC(=O)Cc1ccc(OCP(=O)(O)OCCCOCc2ccccc2)cc1. The third-order valence-corrected chi connectivity index (χ3v) is 4.65. The summed E-state index contributed by atoms with van der Waals surface area (Å²) in [5.41, 5.74) is 1.95. The van der Waals surface area contributed by atoms with Gasteiger partial charge in [-0.1, -0.05) is 42.5 Å². The summed E-state index contributed by atoms with van der Waals surface area (Å²) in [6.45, 7) is 2.58. The number of carbonyl (C=O) groups excluding carboxylic acids is 1. The first-order valence-electron chi connectivity index (χ1n) is 8.74. The van der Waals surface area contributed by atoms with Crippen molar-refractivity contribution in [3.63, 3.8) is 0 Å². The maximum absolute atomic E-state index is 12.0. The van der Waals surface area contributed by atoms with Crippen LogP contribution in [0.1, 0.15) is 24.5 Å². The Hall–Kier alpha value is -1.98. The lowest BCUT2D eigenvalue weighted by molar-refractivity contribution is -0.116. The number of benzene rings is 2. The van der Waals surface area contributed by atoms with Gasteiger partial charge in [0, 0.05) is 13.0 Å². The van der Waals surface area contributed by atoms with E-state index < -0.39 is 13.9 Å². The van der Waals surface area contributed by atoms with Gasteiger partial charge in [-0.05, 0) is 36.6 Å². The molecule has 0 aromatic heterocycles. The van der Waals surface area contributed by atoms with Gasteiger partial charge in [-0.3, -0.25) is 9.36 Å². The summed E-state index contributed by atoms with van der Waals surface area (Å²) >= 11 is 0.